The van der Waals surface area contributed by atoms with Crippen molar-refractivity contribution in [3.63, 3.8) is 0 Å². The summed E-state index contributed by atoms with van der Waals surface area (Å²) in [5.74, 6) is -0.742. The molecule has 5 heteroatoms. The zero-order valence-corrected chi connectivity index (χ0v) is 9.46. The summed E-state index contributed by atoms with van der Waals surface area (Å²) < 4.78 is 27.7. The number of hydrogen-bond acceptors (Lipinski definition) is 2. The van der Waals surface area contributed by atoms with E-state index in [9.17, 15) is 13.6 Å². The summed E-state index contributed by atoms with van der Waals surface area (Å²) in [7, 11) is 1.49. The molecule has 0 N–H and O–H groups in total. The molecular formula is C10H18F2N2O. The molecule has 15 heavy (non-hydrogen) atoms. The SMILES string of the molecule is CCN1CC(F)C(F)(C(=O)N(C)CC)C1. The average molecular weight is 220 g/mol. The highest BCUT2D eigenvalue weighted by Gasteiger charge is 2.54. The molecule has 3 nitrogen and oxygen atoms in total. The molecule has 1 fully saturated rings. The van der Waals surface area contributed by atoms with Crippen molar-refractivity contribution in [3.8, 4) is 0 Å². The van der Waals surface area contributed by atoms with Crippen molar-refractivity contribution in [1.29, 1.82) is 0 Å². The Labute approximate surface area is 89.0 Å². The molecule has 1 amide bonds. The fraction of sp³-hybridized carbons (Fsp3) is 0.900. The van der Waals surface area contributed by atoms with E-state index in [1.165, 1.54) is 11.9 Å². The van der Waals surface area contributed by atoms with Crippen LogP contribution in [-0.4, -0.2) is 60.8 Å². The number of nitrogens with zero attached hydrogens (tertiary/aromatic N) is 2. The van der Waals surface area contributed by atoms with Gasteiger partial charge in [0.05, 0.1) is 0 Å². The highest BCUT2D eigenvalue weighted by molar-refractivity contribution is 5.86. The third-order valence-corrected chi connectivity index (χ3v) is 2.99. The second-order valence-electron chi connectivity index (χ2n) is 3.98. The van der Waals surface area contributed by atoms with Gasteiger partial charge in [-0.1, -0.05) is 6.92 Å². The molecule has 0 bridgehead atoms. The zero-order valence-electron chi connectivity index (χ0n) is 9.46. The maximum Gasteiger partial charge on any atom is 0.264 e. The number of carbonyl (C=O) groups excluding carboxylic acids is 1. The van der Waals surface area contributed by atoms with Crippen LogP contribution in [0.4, 0.5) is 8.78 Å². The molecule has 1 aliphatic heterocycles. The van der Waals surface area contributed by atoms with Gasteiger partial charge in [0.2, 0.25) is 5.67 Å². The van der Waals surface area contributed by atoms with Crippen molar-refractivity contribution in [1.82, 2.24) is 9.80 Å². The first-order valence-corrected chi connectivity index (χ1v) is 5.26. The number of likely N-dealkylation sites (tertiary alicyclic amines) is 1. The number of hydrogen-bond donors (Lipinski definition) is 0. The van der Waals surface area contributed by atoms with Crippen molar-refractivity contribution < 1.29 is 13.6 Å². The summed E-state index contributed by atoms with van der Waals surface area (Å²) in [6, 6.07) is 0. The summed E-state index contributed by atoms with van der Waals surface area (Å²) in [6.45, 7) is 4.40. The molecule has 1 rings (SSSR count). The molecule has 88 valence electrons. The third kappa shape index (κ3) is 2.12. The molecule has 0 aromatic carbocycles. The van der Waals surface area contributed by atoms with Crippen LogP contribution in [0, 0.1) is 0 Å². The quantitative estimate of drug-likeness (QED) is 0.704. The summed E-state index contributed by atoms with van der Waals surface area (Å²) >= 11 is 0. The van der Waals surface area contributed by atoms with E-state index in [2.05, 4.69) is 0 Å². The number of amides is 1. The highest BCUT2D eigenvalue weighted by Crippen LogP contribution is 2.30. The van der Waals surface area contributed by atoms with E-state index < -0.39 is 17.7 Å². The van der Waals surface area contributed by atoms with Gasteiger partial charge >= 0.3 is 0 Å². The van der Waals surface area contributed by atoms with Crippen molar-refractivity contribution >= 4 is 5.91 Å². The Morgan fingerprint density at radius 2 is 2.20 bits per heavy atom. The molecule has 0 saturated carbocycles. The molecule has 1 aliphatic rings. The van der Waals surface area contributed by atoms with Crippen LogP contribution in [0.25, 0.3) is 0 Å². The number of carbonyl (C=O) groups is 1. The predicted octanol–water partition coefficient (Wildman–Crippen LogP) is 0.847. The molecular weight excluding hydrogens is 202 g/mol. The first kappa shape index (κ1) is 12.4. The third-order valence-electron chi connectivity index (χ3n) is 2.99. The van der Waals surface area contributed by atoms with Crippen LogP contribution in [0.2, 0.25) is 0 Å². The molecule has 0 aromatic rings. The maximum atomic E-state index is 14.2. The summed E-state index contributed by atoms with van der Waals surface area (Å²) in [6.07, 6.45) is -1.71. The van der Waals surface area contributed by atoms with Gasteiger partial charge in [-0.15, -0.1) is 0 Å². The van der Waals surface area contributed by atoms with Crippen LogP contribution in [0.15, 0.2) is 0 Å². The molecule has 0 aliphatic carbocycles. The van der Waals surface area contributed by atoms with Crippen LogP contribution >= 0.6 is 0 Å². The van der Waals surface area contributed by atoms with Crippen LogP contribution in [-0.2, 0) is 4.79 Å². The maximum absolute atomic E-state index is 14.2. The van der Waals surface area contributed by atoms with Crippen LogP contribution in [0.5, 0.6) is 0 Å². The van der Waals surface area contributed by atoms with Gasteiger partial charge in [0.15, 0.2) is 6.17 Å². The van der Waals surface area contributed by atoms with Crippen LogP contribution in [0.1, 0.15) is 13.8 Å². The van der Waals surface area contributed by atoms with E-state index in [-0.39, 0.29) is 13.1 Å². The van der Waals surface area contributed by atoms with Gasteiger partial charge in [-0.3, -0.25) is 9.69 Å². The van der Waals surface area contributed by atoms with E-state index in [0.717, 1.165) is 0 Å². The van der Waals surface area contributed by atoms with Gasteiger partial charge in [0, 0.05) is 26.7 Å². The van der Waals surface area contributed by atoms with Crippen molar-refractivity contribution in [2.75, 3.05) is 33.2 Å². The van der Waals surface area contributed by atoms with E-state index in [1.54, 1.807) is 11.8 Å². The fourth-order valence-corrected chi connectivity index (χ4v) is 1.76. The van der Waals surface area contributed by atoms with Crippen molar-refractivity contribution in [2.24, 2.45) is 0 Å². The minimum atomic E-state index is -2.35. The van der Waals surface area contributed by atoms with Gasteiger partial charge in [0.1, 0.15) is 0 Å². The summed E-state index contributed by atoms with van der Waals surface area (Å²) in [5, 5.41) is 0. The molecule has 1 heterocycles. The lowest BCUT2D eigenvalue weighted by Crippen LogP contribution is -2.50. The van der Waals surface area contributed by atoms with Crippen molar-refractivity contribution in [2.45, 2.75) is 25.7 Å². The number of alkyl halides is 2. The standard InChI is InChI=1S/C10H18F2N2O/c1-4-13(3)9(15)10(12)7-14(5-2)6-8(10)11/h8H,4-7H2,1-3H3. The molecule has 2 unspecified atom stereocenters. The summed E-state index contributed by atoms with van der Waals surface area (Å²) in [4.78, 5) is 14.5. The highest BCUT2D eigenvalue weighted by atomic mass is 19.2. The van der Waals surface area contributed by atoms with Gasteiger partial charge in [0.25, 0.3) is 5.91 Å². The van der Waals surface area contributed by atoms with Gasteiger partial charge < -0.3 is 4.90 Å². The first-order chi connectivity index (χ1) is 6.95. The smallest absolute Gasteiger partial charge is 0.264 e. The van der Waals surface area contributed by atoms with E-state index in [0.29, 0.717) is 13.1 Å². The fourth-order valence-electron chi connectivity index (χ4n) is 1.76. The predicted molar refractivity (Wildman–Crippen MR) is 54.2 cm³/mol. The Bertz CT molecular complexity index is 250. The molecule has 0 spiro atoms. The molecule has 0 aromatic heterocycles. The number of halogens is 2. The van der Waals surface area contributed by atoms with E-state index >= 15 is 0 Å². The normalized spacial score (nSPS) is 31.9. The molecule has 2 atom stereocenters. The van der Waals surface area contributed by atoms with Crippen molar-refractivity contribution in [3.05, 3.63) is 0 Å². The Balaban J connectivity index is 2.78. The van der Waals surface area contributed by atoms with Crippen LogP contribution in [0.3, 0.4) is 0 Å². The minimum absolute atomic E-state index is 0.0102. The zero-order chi connectivity index (χ0) is 11.6. The van der Waals surface area contributed by atoms with Gasteiger partial charge in [-0.25, -0.2) is 8.78 Å². The van der Waals surface area contributed by atoms with Crippen LogP contribution < -0.4 is 0 Å². The average Bonchev–Trinajstić information content (AvgIpc) is 2.53. The Hall–Kier alpha value is -0.710. The lowest BCUT2D eigenvalue weighted by molar-refractivity contribution is -0.144. The minimum Gasteiger partial charge on any atom is -0.343 e. The second-order valence-corrected chi connectivity index (χ2v) is 3.98. The first-order valence-electron chi connectivity index (χ1n) is 5.26. The Morgan fingerprint density at radius 3 is 2.60 bits per heavy atom. The van der Waals surface area contributed by atoms with E-state index in [4.69, 9.17) is 0 Å². The van der Waals surface area contributed by atoms with Gasteiger partial charge in [-0.2, -0.15) is 0 Å². The molecule has 1 saturated heterocycles. The van der Waals surface area contributed by atoms with E-state index in [1.807, 2.05) is 6.92 Å². The Kier molecular flexibility index (Phi) is 3.65. The lowest BCUT2D eigenvalue weighted by Gasteiger charge is -2.26. The Morgan fingerprint density at radius 1 is 1.60 bits per heavy atom. The monoisotopic (exact) mass is 220 g/mol. The van der Waals surface area contributed by atoms with Gasteiger partial charge in [-0.05, 0) is 13.5 Å². The second kappa shape index (κ2) is 4.43. The lowest BCUT2D eigenvalue weighted by atomic mass is 10.0. The largest absolute Gasteiger partial charge is 0.343 e. The number of rotatable bonds is 3. The molecule has 0 radical (unpaired) electrons. The summed E-state index contributed by atoms with van der Waals surface area (Å²) in [5.41, 5.74) is -2.35. The topological polar surface area (TPSA) is 23.6 Å².